The molecule has 2 atom stereocenters. The maximum atomic E-state index is 12.7. The number of carbonyl (C=O) groups is 2. The van der Waals surface area contributed by atoms with Crippen LogP contribution in [0.25, 0.3) is 10.4 Å². The van der Waals surface area contributed by atoms with E-state index in [9.17, 15) is 14.7 Å². The number of amides is 1. The highest BCUT2D eigenvalue weighted by Gasteiger charge is 2.40. The van der Waals surface area contributed by atoms with Crippen LogP contribution in [-0.4, -0.2) is 34.7 Å². The van der Waals surface area contributed by atoms with Crippen molar-refractivity contribution in [1.29, 1.82) is 0 Å². The number of esters is 1. The van der Waals surface area contributed by atoms with Crippen molar-refractivity contribution in [3.8, 4) is 10.4 Å². The summed E-state index contributed by atoms with van der Waals surface area (Å²) in [5.41, 5.74) is 3.09. The summed E-state index contributed by atoms with van der Waals surface area (Å²) in [6.45, 7) is 0.441. The molecule has 1 amide bonds. The van der Waals surface area contributed by atoms with Crippen molar-refractivity contribution < 1.29 is 19.4 Å². The molecule has 160 valence electrons. The van der Waals surface area contributed by atoms with Gasteiger partial charge in [-0.3, -0.25) is 4.90 Å². The van der Waals surface area contributed by atoms with Crippen LogP contribution in [0, 0.1) is 5.92 Å². The van der Waals surface area contributed by atoms with Crippen LogP contribution in [0.4, 0.5) is 4.79 Å². The van der Waals surface area contributed by atoms with E-state index in [1.165, 1.54) is 16.2 Å². The van der Waals surface area contributed by atoms with Crippen LogP contribution in [0.5, 0.6) is 0 Å². The molecule has 4 rings (SSSR count). The van der Waals surface area contributed by atoms with Crippen LogP contribution in [0.15, 0.2) is 66.7 Å². The van der Waals surface area contributed by atoms with Gasteiger partial charge in [-0.15, -0.1) is 11.3 Å². The Morgan fingerprint density at radius 1 is 1.06 bits per heavy atom. The summed E-state index contributed by atoms with van der Waals surface area (Å²) in [6.07, 6.45) is 0.0275. The van der Waals surface area contributed by atoms with Gasteiger partial charge in [-0.1, -0.05) is 66.2 Å². The minimum Gasteiger partial charge on any atom is -0.465 e. The standard InChI is InChI=1S/C24H22ClNO4S/c25-22-11-10-21(31-22)19-9-5-4-8-18(19)12-17-13-20(26(14-17)24(28)29)23(27)30-15-16-6-2-1-3-7-16/h1-11,17,20H,12-15H2,(H,28,29)/t17-,20+/m0/s1. The maximum Gasteiger partial charge on any atom is 0.408 e. The Balaban J connectivity index is 1.46. The van der Waals surface area contributed by atoms with Gasteiger partial charge in [-0.2, -0.15) is 0 Å². The van der Waals surface area contributed by atoms with Crippen molar-refractivity contribution >= 4 is 35.0 Å². The normalized spacial score (nSPS) is 18.2. The van der Waals surface area contributed by atoms with Gasteiger partial charge in [-0.25, -0.2) is 9.59 Å². The van der Waals surface area contributed by atoms with E-state index >= 15 is 0 Å². The van der Waals surface area contributed by atoms with Crippen molar-refractivity contribution in [3.63, 3.8) is 0 Å². The van der Waals surface area contributed by atoms with Gasteiger partial charge in [-0.05, 0) is 47.6 Å². The lowest BCUT2D eigenvalue weighted by atomic mass is 9.93. The molecule has 0 aliphatic carbocycles. The number of ether oxygens (including phenoxy) is 1. The lowest BCUT2D eigenvalue weighted by molar-refractivity contribution is -0.149. The average molecular weight is 456 g/mol. The molecule has 0 unspecified atom stereocenters. The third kappa shape index (κ3) is 5.09. The number of likely N-dealkylation sites (tertiary alicyclic amines) is 1. The smallest absolute Gasteiger partial charge is 0.408 e. The molecule has 0 spiro atoms. The molecule has 1 N–H and O–H groups in total. The molecular weight excluding hydrogens is 434 g/mol. The van der Waals surface area contributed by atoms with Crippen molar-refractivity contribution in [2.45, 2.75) is 25.5 Å². The number of thiophene rings is 1. The molecule has 31 heavy (non-hydrogen) atoms. The Hall–Kier alpha value is -2.83. The van der Waals surface area contributed by atoms with E-state index in [1.54, 1.807) is 0 Å². The third-order valence-corrected chi connectivity index (χ3v) is 6.76. The molecule has 1 aliphatic heterocycles. The first kappa shape index (κ1) is 21.4. The lowest BCUT2D eigenvalue weighted by Crippen LogP contribution is -2.40. The van der Waals surface area contributed by atoms with Gasteiger partial charge in [0.05, 0.1) is 4.34 Å². The molecular formula is C24H22ClNO4S. The summed E-state index contributed by atoms with van der Waals surface area (Å²) in [7, 11) is 0. The Morgan fingerprint density at radius 3 is 2.52 bits per heavy atom. The van der Waals surface area contributed by atoms with Crippen molar-refractivity contribution in [3.05, 3.63) is 82.2 Å². The van der Waals surface area contributed by atoms with Crippen LogP contribution < -0.4 is 0 Å². The highest BCUT2D eigenvalue weighted by molar-refractivity contribution is 7.19. The first-order valence-electron chi connectivity index (χ1n) is 10.0. The lowest BCUT2D eigenvalue weighted by Gasteiger charge is -2.19. The zero-order valence-corrected chi connectivity index (χ0v) is 18.3. The molecule has 2 aromatic carbocycles. The number of benzene rings is 2. The SMILES string of the molecule is O=C(OCc1ccccc1)[C@H]1C[C@H](Cc2ccccc2-c2ccc(Cl)s2)CN1C(=O)O. The van der Waals surface area contributed by atoms with Crippen molar-refractivity contribution in [2.75, 3.05) is 6.54 Å². The van der Waals surface area contributed by atoms with E-state index in [-0.39, 0.29) is 12.5 Å². The maximum absolute atomic E-state index is 12.7. The van der Waals surface area contributed by atoms with E-state index in [0.29, 0.717) is 19.4 Å². The quantitative estimate of drug-likeness (QED) is 0.482. The first-order chi connectivity index (χ1) is 15.0. The number of carboxylic acid groups (broad SMARTS) is 1. The molecule has 2 heterocycles. The summed E-state index contributed by atoms with van der Waals surface area (Å²) in [6, 6.07) is 20.5. The molecule has 5 nitrogen and oxygen atoms in total. The van der Waals surface area contributed by atoms with E-state index in [1.807, 2.05) is 60.7 Å². The van der Waals surface area contributed by atoms with E-state index in [0.717, 1.165) is 25.9 Å². The summed E-state index contributed by atoms with van der Waals surface area (Å²) in [4.78, 5) is 26.8. The Labute approximate surface area is 189 Å². The minimum absolute atomic E-state index is 0.0296. The fourth-order valence-corrected chi connectivity index (χ4v) is 5.14. The Kier molecular flexibility index (Phi) is 6.59. The molecule has 1 fully saturated rings. The highest BCUT2D eigenvalue weighted by Crippen LogP contribution is 2.36. The zero-order chi connectivity index (χ0) is 21.8. The monoisotopic (exact) mass is 455 g/mol. The van der Waals surface area contributed by atoms with Crippen LogP contribution >= 0.6 is 22.9 Å². The minimum atomic E-state index is -1.09. The fraction of sp³-hybridized carbons (Fsp3) is 0.250. The predicted molar refractivity (Wildman–Crippen MR) is 121 cm³/mol. The third-order valence-electron chi connectivity index (χ3n) is 5.49. The molecule has 3 aromatic rings. The molecule has 1 aliphatic rings. The van der Waals surface area contributed by atoms with E-state index < -0.39 is 18.1 Å². The van der Waals surface area contributed by atoms with E-state index in [2.05, 4.69) is 6.07 Å². The molecule has 7 heteroatoms. The van der Waals surface area contributed by atoms with Crippen LogP contribution in [-0.2, 0) is 22.6 Å². The van der Waals surface area contributed by atoms with Crippen LogP contribution in [0.2, 0.25) is 4.34 Å². The van der Waals surface area contributed by atoms with E-state index in [4.69, 9.17) is 16.3 Å². The number of halogens is 1. The second-order valence-electron chi connectivity index (χ2n) is 7.61. The van der Waals surface area contributed by atoms with Gasteiger partial charge in [0.15, 0.2) is 0 Å². The van der Waals surface area contributed by atoms with Gasteiger partial charge in [0.2, 0.25) is 0 Å². The summed E-state index contributed by atoms with van der Waals surface area (Å²) in [5, 5.41) is 9.64. The average Bonchev–Trinajstić information content (AvgIpc) is 3.40. The van der Waals surface area contributed by atoms with Gasteiger partial charge in [0.1, 0.15) is 12.6 Å². The Morgan fingerprint density at radius 2 is 1.81 bits per heavy atom. The summed E-state index contributed by atoms with van der Waals surface area (Å²) in [5.74, 6) is -0.464. The van der Waals surface area contributed by atoms with Crippen LogP contribution in [0.3, 0.4) is 0 Å². The number of rotatable bonds is 6. The van der Waals surface area contributed by atoms with Gasteiger partial charge in [0, 0.05) is 11.4 Å². The first-order valence-corrected chi connectivity index (χ1v) is 11.2. The Bertz CT molecular complexity index is 1070. The second kappa shape index (κ2) is 9.54. The molecule has 1 saturated heterocycles. The van der Waals surface area contributed by atoms with Crippen molar-refractivity contribution in [1.82, 2.24) is 4.90 Å². The van der Waals surface area contributed by atoms with Gasteiger partial charge < -0.3 is 9.84 Å². The summed E-state index contributed by atoms with van der Waals surface area (Å²) < 4.78 is 6.16. The van der Waals surface area contributed by atoms with Crippen molar-refractivity contribution in [2.24, 2.45) is 5.92 Å². The largest absolute Gasteiger partial charge is 0.465 e. The topological polar surface area (TPSA) is 66.8 Å². The molecule has 0 bridgehead atoms. The number of hydrogen-bond acceptors (Lipinski definition) is 4. The molecule has 1 aromatic heterocycles. The van der Waals surface area contributed by atoms with Gasteiger partial charge in [0.25, 0.3) is 0 Å². The number of hydrogen-bond donors (Lipinski definition) is 1. The highest BCUT2D eigenvalue weighted by atomic mass is 35.5. The fourth-order valence-electron chi connectivity index (χ4n) is 4.04. The molecule has 0 radical (unpaired) electrons. The second-order valence-corrected chi connectivity index (χ2v) is 9.33. The number of nitrogens with zero attached hydrogens (tertiary/aromatic N) is 1. The summed E-state index contributed by atoms with van der Waals surface area (Å²) >= 11 is 7.63. The predicted octanol–water partition coefficient (Wildman–Crippen LogP) is 5.72. The van der Waals surface area contributed by atoms with Gasteiger partial charge >= 0.3 is 12.1 Å². The zero-order valence-electron chi connectivity index (χ0n) is 16.7. The number of carbonyl (C=O) groups excluding carboxylic acids is 1. The molecule has 0 saturated carbocycles. The van der Waals surface area contributed by atoms with Crippen LogP contribution in [0.1, 0.15) is 17.5 Å².